The van der Waals surface area contributed by atoms with E-state index in [0.717, 1.165) is 11.6 Å². The van der Waals surface area contributed by atoms with E-state index in [9.17, 15) is 8.78 Å². The maximum absolute atomic E-state index is 12.9. The van der Waals surface area contributed by atoms with Crippen molar-refractivity contribution < 1.29 is 8.78 Å². The minimum Gasteiger partial charge on any atom is -0.211 e. The van der Waals surface area contributed by atoms with Gasteiger partial charge in [-0.15, -0.1) is 0 Å². The summed E-state index contributed by atoms with van der Waals surface area (Å²) in [5.41, 5.74) is 0.804. The average molecular weight is 286 g/mol. The summed E-state index contributed by atoms with van der Waals surface area (Å²) in [6.45, 7) is 20.2. The molecular formula is C18H32F2. The zero-order chi connectivity index (χ0) is 17.0. The van der Waals surface area contributed by atoms with Crippen molar-refractivity contribution in [2.75, 3.05) is 0 Å². The van der Waals surface area contributed by atoms with Crippen LogP contribution < -0.4 is 0 Å². The van der Waals surface area contributed by atoms with Crippen LogP contribution in [0.1, 0.15) is 54.9 Å². The smallest absolute Gasteiger partial charge is 0.118 e. The maximum Gasteiger partial charge on any atom is 0.118 e. The highest BCUT2D eigenvalue weighted by Gasteiger charge is 1.96. The summed E-state index contributed by atoms with van der Waals surface area (Å²) in [6.07, 6.45) is 7.74. The molecule has 2 heteroatoms. The minimum atomic E-state index is -0.767. The van der Waals surface area contributed by atoms with Crippen LogP contribution in [0.4, 0.5) is 8.78 Å². The number of allylic oxidation sites excluding steroid dienone is 8. The van der Waals surface area contributed by atoms with E-state index in [1.54, 1.807) is 31.2 Å². The third kappa shape index (κ3) is 30.0. The summed E-state index contributed by atoms with van der Waals surface area (Å²) in [7, 11) is 0. The van der Waals surface area contributed by atoms with Crippen LogP contribution >= 0.6 is 0 Å². The maximum atomic E-state index is 12.9. The molecule has 0 aliphatic carbocycles. The first-order valence-corrected chi connectivity index (χ1v) is 7.21. The molecule has 0 N–H and O–H groups in total. The Bertz CT molecular complexity index is 295. The topological polar surface area (TPSA) is 0 Å². The summed E-state index contributed by atoms with van der Waals surface area (Å²) in [6, 6.07) is 0. The fourth-order valence-corrected chi connectivity index (χ4v) is 0.845. The zero-order valence-electron chi connectivity index (χ0n) is 14.3. The van der Waals surface area contributed by atoms with Crippen LogP contribution in [-0.2, 0) is 0 Å². The van der Waals surface area contributed by atoms with Crippen molar-refractivity contribution in [3.05, 3.63) is 60.8 Å². The molecule has 0 atom stereocenters. The van der Waals surface area contributed by atoms with Gasteiger partial charge in [0, 0.05) is 12.5 Å². The highest BCUT2D eigenvalue weighted by molar-refractivity contribution is 5.20. The quantitative estimate of drug-likeness (QED) is 0.459. The Labute approximate surface area is 125 Å². The third-order valence-corrected chi connectivity index (χ3v) is 1.39. The molecule has 20 heavy (non-hydrogen) atoms. The summed E-state index contributed by atoms with van der Waals surface area (Å²) >= 11 is 0. The second-order valence-electron chi connectivity index (χ2n) is 2.85. The number of rotatable bonds is 5. The predicted molar refractivity (Wildman–Crippen MR) is 91.2 cm³/mol. The van der Waals surface area contributed by atoms with Gasteiger partial charge in [-0.05, 0) is 6.92 Å². The van der Waals surface area contributed by atoms with E-state index >= 15 is 0 Å². The van der Waals surface area contributed by atoms with Gasteiger partial charge in [-0.25, -0.2) is 8.78 Å². The van der Waals surface area contributed by atoms with Gasteiger partial charge in [0.25, 0.3) is 0 Å². The Balaban J connectivity index is -0.000000187. The molecule has 0 nitrogen and oxygen atoms in total. The molecule has 0 unspecified atom stereocenters. The summed E-state index contributed by atoms with van der Waals surface area (Å²) < 4.78 is 25.0. The SMILES string of the molecule is C=C/C=C\C=C(/C)C/C(F)=C\C(=C)F.CC.CC.CC. The highest BCUT2D eigenvalue weighted by atomic mass is 19.1. The molecule has 0 fully saturated rings. The standard InChI is InChI=1S/C12H14F2.3C2H6/c1-4-5-6-7-10(2)8-12(14)9-11(3)13;3*1-2/h4-7,9H,1,3,8H2,2H3;3*1-2H3/b6-5-,10-7+,12-9+;;;. The Morgan fingerprint density at radius 2 is 1.40 bits per heavy atom. The van der Waals surface area contributed by atoms with E-state index in [1.165, 1.54) is 0 Å². The molecule has 0 bridgehead atoms. The molecule has 0 amide bonds. The fourth-order valence-electron chi connectivity index (χ4n) is 0.845. The van der Waals surface area contributed by atoms with Crippen molar-refractivity contribution in [1.29, 1.82) is 0 Å². The molecule has 0 aliphatic heterocycles. The molecule has 0 aliphatic rings. The van der Waals surface area contributed by atoms with Crippen LogP contribution in [0.5, 0.6) is 0 Å². The highest BCUT2D eigenvalue weighted by Crippen LogP contribution is 2.14. The zero-order valence-corrected chi connectivity index (χ0v) is 14.3. The molecule has 0 saturated heterocycles. The fraction of sp³-hybridized carbons (Fsp3) is 0.444. The summed E-state index contributed by atoms with van der Waals surface area (Å²) in [5.74, 6) is -1.30. The second-order valence-corrected chi connectivity index (χ2v) is 2.85. The predicted octanol–water partition coefficient (Wildman–Crippen LogP) is 7.48. The van der Waals surface area contributed by atoms with Gasteiger partial charge in [-0.1, -0.05) is 84.6 Å². The number of hydrogen-bond donors (Lipinski definition) is 0. The first kappa shape index (κ1) is 27.0. The van der Waals surface area contributed by atoms with Crippen LogP contribution in [0.15, 0.2) is 60.8 Å². The molecule has 0 radical (unpaired) electrons. The van der Waals surface area contributed by atoms with E-state index in [0.29, 0.717) is 0 Å². The minimum absolute atomic E-state index is 0.102. The number of halogens is 2. The molecule has 0 aromatic heterocycles. The molecule has 0 aromatic carbocycles. The van der Waals surface area contributed by atoms with E-state index in [-0.39, 0.29) is 6.42 Å². The summed E-state index contributed by atoms with van der Waals surface area (Å²) in [5, 5.41) is 0. The molecule has 0 rings (SSSR count). The van der Waals surface area contributed by atoms with Crippen LogP contribution in [0.25, 0.3) is 0 Å². The largest absolute Gasteiger partial charge is 0.211 e. The Morgan fingerprint density at radius 3 is 1.75 bits per heavy atom. The Kier molecular flexibility index (Phi) is 35.4. The first-order chi connectivity index (χ1) is 9.56. The van der Waals surface area contributed by atoms with Crippen molar-refractivity contribution in [2.45, 2.75) is 54.9 Å². The van der Waals surface area contributed by atoms with E-state index in [1.807, 2.05) is 41.5 Å². The molecule has 0 spiro atoms. The molecule has 0 aromatic rings. The molecular weight excluding hydrogens is 254 g/mol. The summed E-state index contributed by atoms with van der Waals surface area (Å²) in [4.78, 5) is 0. The Hall–Kier alpha value is -1.44. The third-order valence-electron chi connectivity index (χ3n) is 1.39. The van der Waals surface area contributed by atoms with Crippen molar-refractivity contribution in [3.63, 3.8) is 0 Å². The van der Waals surface area contributed by atoms with Gasteiger partial charge in [0.15, 0.2) is 0 Å². The van der Waals surface area contributed by atoms with E-state index in [4.69, 9.17) is 0 Å². The van der Waals surface area contributed by atoms with Gasteiger partial charge in [-0.3, -0.25) is 0 Å². The Morgan fingerprint density at radius 1 is 0.950 bits per heavy atom. The van der Waals surface area contributed by atoms with Crippen LogP contribution in [0.3, 0.4) is 0 Å². The van der Waals surface area contributed by atoms with Gasteiger partial charge in [-0.2, -0.15) is 0 Å². The van der Waals surface area contributed by atoms with Crippen LogP contribution in [0.2, 0.25) is 0 Å². The van der Waals surface area contributed by atoms with Crippen LogP contribution in [-0.4, -0.2) is 0 Å². The second kappa shape index (κ2) is 26.2. The lowest BCUT2D eigenvalue weighted by Gasteiger charge is -1.96. The van der Waals surface area contributed by atoms with Crippen molar-refractivity contribution in [1.82, 2.24) is 0 Å². The van der Waals surface area contributed by atoms with Gasteiger partial charge in [0.05, 0.1) is 0 Å². The molecule has 0 heterocycles. The average Bonchev–Trinajstić information content (AvgIpc) is 2.44. The van der Waals surface area contributed by atoms with Crippen molar-refractivity contribution in [2.24, 2.45) is 0 Å². The first-order valence-electron chi connectivity index (χ1n) is 7.21. The lowest BCUT2D eigenvalue weighted by Crippen LogP contribution is -1.78. The lowest BCUT2D eigenvalue weighted by atomic mass is 10.1. The van der Waals surface area contributed by atoms with Crippen LogP contribution in [0, 0.1) is 0 Å². The number of hydrogen-bond acceptors (Lipinski definition) is 0. The van der Waals surface area contributed by atoms with Gasteiger partial charge >= 0.3 is 0 Å². The molecule has 0 saturated carbocycles. The van der Waals surface area contributed by atoms with E-state index < -0.39 is 11.7 Å². The van der Waals surface area contributed by atoms with Crippen molar-refractivity contribution in [3.8, 4) is 0 Å². The lowest BCUT2D eigenvalue weighted by molar-refractivity contribution is 0.593. The van der Waals surface area contributed by atoms with Gasteiger partial charge < -0.3 is 0 Å². The van der Waals surface area contributed by atoms with E-state index in [2.05, 4.69) is 13.2 Å². The van der Waals surface area contributed by atoms with Gasteiger partial charge in [0.1, 0.15) is 11.7 Å². The van der Waals surface area contributed by atoms with Crippen molar-refractivity contribution >= 4 is 0 Å². The van der Waals surface area contributed by atoms with Gasteiger partial charge in [0.2, 0.25) is 0 Å². The normalized spacial score (nSPS) is 10.2. The monoisotopic (exact) mass is 286 g/mol. The molecule has 118 valence electrons.